The highest BCUT2D eigenvalue weighted by atomic mass is 16.6. The van der Waals surface area contributed by atoms with E-state index in [4.69, 9.17) is 9.47 Å². The number of aliphatic hydroxyl groups is 2. The molecule has 0 saturated carbocycles. The minimum atomic E-state index is -0.893. The van der Waals surface area contributed by atoms with Crippen LogP contribution in [0.2, 0.25) is 0 Å². The average Bonchev–Trinajstić information content (AvgIpc) is 2.41. The molecule has 0 aliphatic carbocycles. The van der Waals surface area contributed by atoms with E-state index in [0.717, 1.165) is 0 Å². The van der Waals surface area contributed by atoms with Crippen LogP contribution in [0, 0.1) is 0 Å². The van der Waals surface area contributed by atoms with Crippen LogP contribution in [0.15, 0.2) is 0 Å². The third-order valence-electron chi connectivity index (χ3n) is 5.18. The predicted molar refractivity (Wildman–Crippen MR) is 92.5 cm³/mol. The smallest absolute Gasteiger partial charge is 0.410 e. The maximum absolute atomic E-state index is 12.6. The molecule has 8 nitrogen and oxygen atoms in total. The molecule has 4 rings (SSSR count). The van der Waals surface area contributed by atoms with Crippen LogP contribution in [0.4, 0.5) is 9.59 Å². The van der Waals surface area contributed by atoms with Gasteiger partial charge in [0.1, 0.15) is 11.2 Å². The van der Waals surface area contributed by atoms with Crippen molar-refractivity contribution in [2.24, 2.45) is 0 Å². The lowest BCUT2D eigenvalue weighted by Crippen LogP contribution is -2.81. The average molecular weight is 370 g/mol. The van der Waals surface area contributed by atoms with Gasteiger partial charge in [-0.1, -0.05) is 0 Å². The van der Waals surface area contributed by atoms with Gasteiger partial charge in [-0.05, 0) is 54.4 Å². The summed E-state index contributed by atoms with van der Waals surface area (Å²) in [6.45, 7) is 10.7. The van der Waals surface area contributed by atoms with Gasteiger partial charge < -0.3 is 19.7 Å². The number of carbonyl (C=O) groups is 2. The lowest BCUT2D eigenvalue weighted by Gasteiger charge is -2.63. The molecule has 4 unspecified atom stereocenters. The monoisotopic (exact) mass is 370 g/mol. The van der Waals surface area contributed by atoms with Crippen molar-refractivity contribution in [1.29, 1.82) is 0 Å². The summed E-state index contributed by atoms with van der Waals surface area (Å²) in [5.41, 5.74) is -1.32. The molecule has 4 aliphatic rings. The van der Waals surface area contributed by atoms with Crippen molar-refractivity contribution in [3.05, 3.63) is 0 Å². The molecule has 0 aromatic heterocycles. The summed E-state index contributed by atoms with van der Waals surface area (Å²) in [5.74, 6) is 0. The lowest BCUT2D eigenvalue weighted by molar-refractivity contribution is -0.200. The molecular formula is C18H30N2O6. The van der Waals surface area contributed by atoms with Crippen LogP contribution in [0.1, 0.15) is 54.4 Å². The Morgan fingerprint density at radius 1 is 0.731 bits per heavy atom. The van der Waals surface area contributed by atoms with E-state index in [1.54, 1.807) is 41.5 Å². The molecule has 4 aliphatic heterocycles. The summed E-state index contributed by atoms with van der Waals surface area (Å²) >= 11 is 0. The lowest BCUT2D eigenvalue weighted by atomic mass is 9.70. The van der Waals surface area contributed by atoms with Crippen LogP contribution < -0.4 is 0 Å². The van der Waals surface area contributed by atoms with E-state index in [1.807, 2.05) is 0 Å². The van der Waals surface area contributed by atoms with Crippen molar-refractivity contribution < 1.29 is 29.3 Å². The first kappa shape index (κ1) is 19.2. The van der Waals surface area contributed by atoms with Crippen molar-refractivity contribution in [1.82, 2.24) is 9.80 Å². The fraction of sp³-hybridized carbons (Fsp3) is 0.889. The first-order valence-electron chi connectivity index (χ1n) is 9.19. The second-order valence-corrected chi connectivity index (χ2v) is 9.50. The van der Waals surface area contributed by atoms with Gasteiger partial charge in [-0.15, -0.1) is 0 Å². The maximum Gasteiger partial charge on any atom is 0.410 e. The second kappa shape index (κ2) is 5.99. The van der Waals surface area contributed by atoms with Gasteiger partial charge in [-0.3, -0.25) is 9.80 Å². The van der Waals surface area contributed by atoms with E-state index in [0.29, 0.717) is 12.8 Å². The third-order valence-corrected chi connectivity index (χ3v) is 5.18. The Hall–Kier alpha value is -1.54. The number of ether oxygens (including phenoxy) is 2. The molecule has 4 heterocycles. The molecule has 4 atom stereocenters. The van der Waals surface area contributed by atoms with Gasteiger partial charge in [0.15, 0.2) is 0 Å². The molecular weight excluding hydrogens is 340 g/mol. The predicted octanol–water partition coefficient (Wildman–Crippen LogP) is 1.48. The topological polar surface area (TPSA) is 99.5 Å². The van der Waals surface area contributed by atoms with E-state index in [9.17, 15) is 19.8 Å². The van der Waals surface area contributed by atoms with Crippen LogP contribution in [0.5, 0.6) is 0 Å². The first-order valence-corrected chi connectivity index (χ1v) is 9.19. The summed E-state index contributed by atoms with van der Waals surface area (Å²) < 4.78 is 10.9. The van der Waals surface area contributed by atoms with Crippen molar-refractivity contribution >= 4 is 12.2 Å². The zero-order valence-corrected chi connectivity index (χ0v) is 16.3. The van der Waals surface area contributed by atoms with E-state index >= 15 is 0 Å². The van der Waals surface area contributed by atoms with Crippen molar-refractivity contribution in [2.75, 3.05) is 0 Å². The Bertz CT molecular complexity index is 523. The minimum absolute atomic E-state index is 0.299. The number of amides is 2. The molecule has 4 bridgehead atoms. The van der Waals surface area contributed by atoms with Gasteiger partial charge in [0.25, 0.3) is 0 Å². The standard InChI is InChI=1S/C18H30N2O6/c1-17(2,3)25-15(23)19-9-7-11-14(22)10(19)8-12(13(9)21)20(11)16(24)26-18(4,5)6/h9-14,21-22H,7-8H2,1-6H3. The molecule has 0 aromatic rings. The fourth-order valence-corrected chi connectivity index (χ4v) is 4.34. The number of rotatable bonds is 0. The van der Waals surface area contributed by atoms with Gasteiger partial charge in [0, 0.05) is 0 Å². The van der Waals surface area contributed by atoms with Gasteiger partial charge in [-0.2, -0.15) is 0 Å². The summed E-state index contributed by atoms with van der Waals surface area (Å²) in [5, 5.41) is 21.5. The molecule has 2 amide bonds. The molecule has 2 N–H and O–H groups in total. The van der Waals surface area contributed by atoms with Crippen LogP contribution in [0.25, 0.3) is 0 Å². The first-order chi connectivity index (χ1) is 11.8. The molecule has 4 fully saturated rings. The maximum atomic E-state index is 12.6. The van der Waals surface area contributed by atoms with Crippen LogP contribution >= 0.6 is 0 Å². The number of carbonyl (C=O) groups excluding carboxylic acids is 2. The Balaban J connectivity index is 1.83. The second-order valence-electron chi connectivity index (χ2n) is 9.50. The fourth-order valence-electron chi connectivity index (χ4n) is 4.34. The molecule has 148 valence electrons. The van der Waals surface area contributed by atoms with E-state index in [-0.39, 0.29) is 0 Å². The van der Waals surface area contributed by atoms with E-state index < -0.39 is 59.8 Å². The highest BCUT2D eigenvalue weighted by Crippen LogP contribution is 2.45. The van der Waals surface area contributed by atoms with Crippen LogP contribution in [-0.2, 0) is 9.47 Å². The number of piperidine rings is 4. The minimum Gasteiger partial charge on any atom is -0.444 e. The van der Waals surface area contributed by atoms with Crippen LogP contribution in [0.3, 0.4) is 0 Å². The Kier molecular flexibility index (Phi) is 4.43. The molecule has 4 saturated heterocycles. The number of nitrogens with zero attached hydrogens (tertiary/aromatic N) is 2. The van der Waals surface area contributed by atoms with Gasteiger partial charge in [-0.25, -0.2) is 9.59 Å². The zero-order chi connectivity index (χ0) is 19.6. The third kappa shape index (κ3) is 3.24. The highest BCUT2D eigenvalue weighted by Gasteiger charge is 2.63. The summed E-state index contributed by atoms with van der Waals surface area (Å²) in [6, 6.07) is -1.89. The zero-order valence-electron chi connectivity index (χ0n) is 16.3. The molecule has 26 heavy (non-hydrogen) atoms. The Morgan fingerprint density at radius 3 is 1.23 bits per heavy atom. The number of aliphatic hydroxyl groups excluding tert-OH is 2. The number of hydrogen-bond acceptors (Lipinski definition) is 6. The van der Waals surface area contributed by atoms with Crippen molar-refractivity contribution in [3.63, 3.8) is 0 Å². The normalized spacial score (nSPS) is 36.3. The molecule has 0 radical (unpaired) electrons. The quantitative estimate of drug-likeness (QED) is 0.670. The van der Waals surface area contributed by atoms with Gasteiger partial charge in [0.2, 0.25) is 0 Å². The summed E-state index contributed by atoms with van der Waals surface area (Å²) in [4.78, 5) is 28.2. The van der Waals surface area contributed by atoms with Gasteiger partial charge >= 0.3 is 12.2 Å². The van der Waals surface area contributed by atoms with E-state index in [2.05, 4.69) is 0 Å². The largest absolute Gasteiger partial charge is 0.444 e. The van der Waals surface area contributed by atoms with Crippen molar-refractivity contribution in [2.45, 2.75) is 102 Å². The van der Waals surface area contributed by atoms with Crippen LogP contribution in [-0.4, -0.2) is 79.8 Å². The summed E-state index contributed by atoms with van der Waals surface area (Å²) in [6.07, 6.45) is -2.26. The van der Waals surface area contributed by atoms with Gasteiger partial charge in [0.05, 0.1) is 36.4 Å². The summed E-state index contributed by atoms with van der Waals surface area (Å²) in [7, 11) is 0. The molecule has 8 heteroatoms. The molecule has 0 spiro atoms. The van der Waals surface area contributed by atoms with Crippen molar-refractivity contribution in [3.8, 4) is 0 Å². The number of hydrogen-bond donors (Lipinski definition) is 2. The molecule has 0 aromatic carbocycles. The SMILES string of the molecule is CC(C)(C)OC(=O)N1C2CC3C(O)C1CC(C2O)N3C(=O)OC(C)(C)C. The van der Waals surface area contributed by atoms with E-state index in [1.165, 1.54) is 9.80 Å². The highest BCUT2D eigenvalue weighted by molar-refractivity contribution is 5.73. The Labute approximate surface area is 154 Å². The Morgan fingerprint density at radius 2 is 1.00 bits per heavy atom.